The lowest BCUT2D eigenvalue weighted by Gasteiger charge is -2.21. The first-order chi connectivity index (χ1) is 27.1. The van der Waals surface area contributed by atoms with Crippen LogP contribution in [0, 0.1) is 5.41 Å². The molecule has 0 radical (unpaired) electrons. The van der Waals surface area contributed by atoms with Gasteiger partial charge in [-0.15, -0.1) is 0 Å². The third kappa shape index (κ3) is 14.2. The van der Waals surface area contributed by atoms with E-state index in [2.05, 4.69) is 26.3 Å². The van der Waals surface area contributed by atoms with Gasteiger partial charge in [-0.25, -0.2) is 24.0 Å². The van der Waals surface area contributed by atoms with Crippen LogP contribution in [0.25, 0.3) is 22.3 Å². The second kappa shape index (κ2) is 21.5. The summed E-state index contributed by atoms with van der Waals surface area (Å²) in [6, 6.07) is 15.0. The molecule has 14 nitrogen and oxygen atoms in total. The molecule has 300 valence electrons. The number of carbonyl (C=O) groups excluding carboxylic acids is 6. The highest BCUT2D eigenvalue weighted by Gasteiger charge is 2.28. The Labute approximate surface area is 330 Å². The normalized spacial score (nSPS) is 11.2. The third-order valence-corrected chi connectivity index (χ3v) is 8.01. The highest BCUT2D eigenvalue weighted by Crippen LogP contribution is 2.32. The molecule has 0 aliphatic carbocycles. The summed E-state index contributed by atoms with van der Waals surface area (Å²) in [5.41, 5.74) is 8.63. The number of carbonyl (C=O) groups is 6. The predicted molar refractivity (Wildman–Crippen MR) is 207 cm³/mol. The summed E-state index contributed by atoms with van der Waals surface area (Å²) in [6.45, 7) is 15.2. The number of nitrogens with two attached hydrogens (primary N) is 1. The Bertz CT molecular complexity index is 1830. The molecule has 0 fully saturated rings. The van der Waals surface area contributed by atoms with Gasteiger partial charge in [-0.3, -0.25) is 4.79 Å². The quantitative estimate of drug-likeness (QED) is 0.0831. The van der Waals surface area contributed by atoms with Crippen LogP contribution in [0.3, 0.4) is 0 Å². The molecule has 3 rings (SSSR count). The van der Waals surface area contributed by atoms with Crippen molar-refractivity contribution < 1.29 is 62.3 Å². The fourth-order valence-electron chi connectivity index (χ4n) is 4.88. The highest BCUT2D eigenvalue weighted by atomic mass is 16.6. The van der Waals surface area contributed by atoms with Crippen LogP contribution in [0.2, 0.25) is 0 Å². The average Bonchev–Trinajstić information content (AvgIpc) is 3.23. The van der Waals surface area contributed by atoms with Gasteiger partial charge in [0.15, 0.2) is 0 Å². The first kappa shape index (κ1) is 44.8. The number of aliphatic hydroxyl groups excluding tert-OH is 1. The van der Waals surface area contributed by atoms with E-state index in [1.54, 1.807) is 56.3 Å². The molecule has 3 N–H and O–H groups in total. The molecular formula is C43H45NO13. The minimum Gasteiger partial charge on any atom is -0.462 e. The van der Waals surface area contributed by atoms with Crippen LogP contribution in [-0.2, 0) is 78.8 Å². The smallest absolute Gasteiger partial charge is 0.338 e. The number of hydrogen-bond donors (Lipinski definition) is 2. The molecule has 0 spiro atoms. The maximum Gasteiger partial charge on any atom is 0.338 e. The number of benzene rings is 3. The van der Waals surface area contributed by atoms with E-state index in [1.807, 2.05) is 0 Å². The van der Waals surface area contributed by atoms with E-state index in [0.29, 0.717) is 44.5 Å². The molecule has 3 aromatic rings. The van der Waals surface area contributed by atoms with Gasteiger partial charge < -0.3 is 39.3 Å². The van der Waals surface area contributed by atoms with Gasteiger partial charge in [0.25, 0.3) is 0 Å². The average molecular weight is 784 g/mol. The summed E-state index contributed by atoms with van der Waals surface area (Å²) >= 11 is 0. The van der Waals surface area contributed by atoms with Crippen molar-refractivity contribution in [3.05, 3.63) is 133 Å². The monoisotopic (exact) mass is 783 g/mol. The summed E-state index contributed by atoms with van der Waals surface area (Å²) in [5.74, 6) is -4.15. The Balaban J connectivity index is 2.16. The first-order valence-corrected chi connectivity index (χ1v) is 17.4. The minimum atomic E-state index is -1.36. The second-order valence-electron chi connectivity index (χ2n) is 13.1. The van der Waals surface area contributed by atoms with E-state index >= 15 is 0 Å². The second-order valence-corrected chi connectivity index (χ2v) is 13.1. The number of ether oxygens (including phenoxy) is 6. The summed E-state index contributed by atoms with van der Waals surface area (Å²) in [5, 5.41) is 10.5. The van der Waals surface area contributed by atoms with E-state index in [9.17, 15) is 33.9 Å². The summed E-state index contributed by atoms with van der Waals surface area (Å²) in [7, 11) is 0. The molecule has 0 amide bonds. The largest absolute Gasteiger partial charge is 0.462 e. The van der Waals surface area contributed by atoms with Crippen molar-refractivity contribution in [2.24, 2.45) is 11.1 Å². The number of aliphatic hydroxyl groups is 1. The van der Waals surface area contributed by atoms with Crippen LogP contribution in [0.5, 0.6) is 0 Å². The zero-order chi connectivity index (χ0) is 42.1. The molecule has 1 atom stereocenters. The maximum absolute atomic E-state index is 13.6. The molecule has 0 aliphatic rings. The predicted octanol–water partition coefficient (Wildman–Crippen LogP) is 4.98. The first-order valence-electron chi connectivity index (χ1n) is 17.4. The molecule has 0 aliphatic heterocycles. The van der Waals surface area contributed by atoms with Gasteiger partial charge in [0.2, 0.25) is 0 Å². The van der Waals surface area contributed by atoms with E-state index in [1.165, 1.54) is 12.1 Å². The Morgan fingerprint density at radius 1 is 0.561 bits per heavy atom. The number of esters is 6. The number of rotatable bonds is 21. The van der Waals surface area contributed by atoms with Gasteiger partial charge in [0.1, 0.15) is 45.7 Å². The van der Waals surface area contributed by atoms with Crippen molar-refractivity contribution in [1.29, 1.82) is 0 Å². The number of hydrogen-bond acceptors (Lipinski definition) is 14. The Morgan fingerprint density at radius 3 is 1.23 bits per heavy atom. The van der Waals surface area contributed by atoms with Crippen molar-refractivity contribution in [2.45, 2.75) is 46.4 Å². The Kier molecular flexibility index (Phi) is 16.8. The van der Waals surface area contributed by atoms with Gasteiger partial charge in [-0.05, 0) is 113 Å². The zero-order valence-electron chi connectivity index (χ0n) is 31.8. The third-order valence-electron chi connectivity index (χ3n) is 8.01. The highest BCUT2D eigenvalue weighted by molar-refractivity contribution is 5.94. The SMILES string of the molecule is C=CC(=O)OCc1cc(COC(=O)C=C)cc(-c2cc(C(=O)OCC(O)COC(=O)C(C)(C)CN)cc(-c3cc(COC(=O)C=C)cc(COC(=O)C=C)c3)c2)c1. The van der Waals surface area contributed by atoms with Crippen molar-refractivity contribution in [3.63, 3.8) is 0 Å². The van der Waals surface area contributed by atoms with Crippen LogP contribution in [-0.4, -0.2) is 66.8 Å². The maximum atomic E-state index is 13.6. The zero-order valence-corrected chi connectivity index (χ0v) is 31.8. The van der Waals surface area contributed by atoms with Crippen molar-refractivity contribution in [3.8, 4) is 22.3 Å². The molecule has 1 unspecified atom stereocenters. The van der Waals surface area contributed by atoms with Crippen molar-refractivity contribution in [2.75, 3.05) is 19.8 Å². The van der Waals surface area contributed by atoms with E-state index in [0.717, 1.165) is 24.3 Å². The summed E-state index contributed by atoms with van der Waals surface area (Å²) in [6.07, 6.45) is 2.69. The van der Waals surface area contributed by atoms with Gasteiger partial charge >= 0.3 is 35.8 Å². The van der Waals surface area contributed by atoms with Gasteiger partial charge in [-0.1, -0.05) is 26.3 Å². The van der Waals surface area contributed by atoms with Crippen LogP contribution >= 0.6 is 0 Å². The van der Waals surface area contributed by atoms with Gasteiger partial charge in [0.05, 0.1) is 11.0 Å². The minimum absolute atomic E-state index is 0.0181. The molecular weight excluding hydrogens is 738 g/mol. The van der Waals surface area contributed by atoms with Crippen LogP contribution < -0.4 is 5.73 Å². The van der Waals surface area contributed by atoms with Gasteiger partial charge in [0, 0.05) is 30.8 Å². The summed E-state index contributed by atoms with van der Waals surface area (Å²) in [4.78, 5) is 73.6. The Morgan fingerprint density at radius 2 is 0.895 bits per heavy atom. The fourth-order valence-corrected chi connectivity index (χ4v) is 4.88. The van der Waals surface area contributed by atoms with Gasteiger partial charge in [-0.2, -0.15) is 0 Å². The molecule has 0 aromatic heterocycles. The summed E-state index contributed by atoms with van der Waals surface area (Å²) < 4.78 is 31.6. The van der Waals surface area contributed by atoms with E-state index in [-0.39, 0.29) is 38.5 Å². The molecule has 0 saturated heterocycles. The lowest BCUT2D eigenvalue weighted by atomic mass is 9.93. The van der Waals surface area contributed by atoms with Crippen LogP contribution in [0.15, 0.2) is 105 Å². The lowest BCUT2D eigenvalue weighted by molar-refractivity contribution is -0.157. The topological polar surface area (TPSA) is 204 Å². The molecule has 3 aromatic carbocycles. The Hall–Kier alpha value is -6.64. The molecule has 0 bridgehead atoms. The van der Waals surface area contributed by atoms with E-state index < -0.39 is 60.5 Å². The van der Waals surface area contributed by atoms with Crippen LogP contribution in [0.4, 0.5) is 0 Å². The van der Waals surface area contributed by atoms with Crippen molar-refractivity contribution >= 4 is 35.8 Å². The fraction of sp³-hybridized carbons (Fsp3) is 0.256. The van der Waals surface area contributed by atoms with Crippen molar-refractivity contribution in [1.82, 2.24) is 0 Å². The lowest BCUT2D eigenvalue weighted by Crippen LogP contribution is -2.36. The molecule has 0 saturated carbocycles. The van der Waals surface area contributed by atoms with E-state index in [4.69, 9.17) is 34.2 Å². The standard InChI is InChI=1S/C43H45NO13/c1-7-37(46)52-20-27-11-28(21-53-38(47)8-2)14-31(13-27)33-17-34(19-35(18-33)41(50)56-24-36(45)25-57-42(51)43(5,6)26-44)32-15-29(22-54-39(48)9-3)12-30(16-32)23-55-40(49)10-4/h7-19,36,45H,1-4,20-26,44H2,5-6H3. The molecule has 14 heteroatoms. The molecule has 0 heterocycles. The van der Waals surface area contributed by atoms with Crippen LogP contribution in [0.1, 0.15) is 46.5 Å². The molecule has 57 heavy (non-hydrogen) atoms.